The Balaban J connectivity index is 1.28. The van der Waals surface area contributed by atoms with Gasteiger partial charge in [-0.05, 0) is 88.1 Å². The number of hydrogen-bond acceptors (Lipinski definition) is 12. The first-order chi connectivity index (χ1) is 31.5. The number of fused-ring (bicyclic) bond motifs is 6. The Morgan fingerprint density at radius 3 is 2.64 bits per heavy atom. The predicted octanol–water partition coefficient (Wildman–Crippen LogP) is 5.14. The summed E-state index contributed by atoms with van der Waals surface area (Å²) in [6.45, 7) is 15.2. The fourth-order valence-electron chi connectivity index (χ4n) is 9.63. The lowest BCUT2D eigenvalue weighted by molar-refractivity contribution is -0.155. The van der Waals surface area contributed by atoms with Gasteiger partial charge in [-0.3, -0.25) is 34.0 Å². The maximum absolute atomic E-state index is 14.7. The van der Waals surface area contributed by atoms with Gasteiger partial charge in [-0.25, -0.2) is 10.4 Å². The van der Waals surface area contributed by atoms with Crippen molar-refractivity contribution in [1.29, 1.82) is 0 Å². The number of aromatic nitrogens is 3. The van der Waals surface area contributed by atoms with Gasteiger partial charge in [0.1, 0.15) is 28.8 Å². The SMILES string of the molecule is CC#CC(=O)N1CC[C@H](C(=O)N(C)[C@H](C(=O)N[C@H]2Cc3nc(c(N)s3)-c3ccc4c(c3)c(c(-c3cccnc3[C@H](C)OC)n4CC)CC(C)(C)COC(=O)[C@@H]3CCCN(N3)C2=O)C(C)C)C1. The normalized spacial score (nSPS) is 20.8. The fraction of sp³-hybridized carbons (Fsp3) is 0.531. The number of carbonyl (C=O) groups is 5. The van der Waals surface area contributed by atoms with Gasteiger partial charge in [0, 0.05) is 80.4 Å². The highest BCUT2D eigenvalue weighted by atomic mass is 32.1. The van der Waals surface area contributed by atoms with Crippen LogP contribution >= 0.6 is 11.3 Å². The van der Waals surface area contributed by atoms with Crippen molar-refractivity contribution in [2.45, 2.75) is 111 Å². The summed E-state index contributed by atoms with van der Waals surface area (Å²) in [6, 6.07) is 7.30. The molecule has 0 spiro atoms. The molecule has 1 aromatic carbocycles. The van der Waals surface area contributed by atoms with Gasteiger partial charge in [-0.1, -0.05) is 39.7 Å². The molecule has 352 valence electrons. The molecular formula is C49H63N9O7S. The van der Waals surface area contributed by atoms with Crippen molar-refractivity contribution in [3.05, 3.63) is 52.8 Å². The summed E-state index contributed by atoms with van der Waals surface area (Å²) in [4.78, 5) is 82.3. The second-order valence-corrected chi connectivity index (χ2v) is 19.8. The van der Waals surface area contributed by atoms with Crippen LogP contribution in [0, 0.1) is 29.1 Å². The molecule has 0 saturated carbocycles. The molecule has 4 amide bonds. The zero-order chi connectivity index (χ0) is 47.6. The Kier molecular flexibility index (Phi) is 14.5. The van der Waals surface area contributed by atoms with Crippen molar-refractivity contribution in [2.24, 2.45) is 17.3 Å². The molecule has 5 atom stereocenters. The minimum absolute atomic E-state index is 0.00706. The molecule has 2 saturated heterocycles. The topological polar surface area (TPSA) is 194 Å². The molecule has 17 heteroatoms. The van der Waals surface area contributed by atoms with E-state index in [1.165, 1.54) is 21.2 Å². The third kappa shape index (κ3) is 9.82. The van der Waals surface area contributed by atoms with Crippen molar-refractivity contribution >= 4 is 56.8 Å². The number of cyclic esters (lactones) is 1. The summed E-state index contributed by atoms with van der Waals surface area (Å²) in [5.41, 5.74) is 15.6. The number of benzene rings is 1. The zero-order valence-electron chi connectivity index (χ0n) is 39.5. The van der Waals surface area contributed by atoms with Gasteiger partial charge in [-0.2, -0.15) is 0 Å². The average molecular weight is 922 g/mol. The average Bonchev–Trinajstić information content (AvgIpc) is 4.02. The molecule has 3 aliphatic heterocycles. The van der Waals surface area contributed by atoms with Crippen LogP contribution in [0.15, 0.2) is 36.5 Å². The lowest BCUT2D eigenvalue weighted by Gasteiger charge is -2.36. The summed E-state index contributed by atoms with van der Waals surface area (Å²) >= 11 is 1.25. The number of hydrazine groups is 1. The highest BCUT2D eigenvalue weighted by Gasteiger charge is 2.40. The second-order valence-electron chi connectivity index (χ2n) is 18.7. The van der Waals surface area contributed by atoms with E-state index in [2.05, 4.69) is 66.1 Å². The van der Waals surface area contributed by atoms with Gasteiger partial charge in [0.25, 0.3) is 11.8 Å². The third-order valence-electron chi connectivity index (χ3n) is 13.0. The Labute approximate surface area is 390 Å². The number of nitrogens with two attached hydrogens (primary N) is 1. The number of pyridine rings is 1. The van der Waals surface area contributed by atoms with Crippen molar-refractivity contribution in [2.75, 3.05) is 46.1 Å². The lowest BCUT2D eigenvalue weighted by Crippen LogP contribution is -2.62. The number of amides is 4. The number of likely N-dealkylation sites (tertiary alicyclic amines) is 1. The molecular weight excluding hydrogens is 859 g/mol. The van der Waals surface area contributed by atoms with Crippen LogP contribution in [0.4, 0.5) is 5.00 Å². The van der Waals surface area contributed by atoms with E-state index in [1.54, 1.807) is 32.2 Å². The third-order valence-corrected chi connectivity index (χ3v) is 13.9. The highest BCUT2D eigenvalue weighted by Crippen LogP contribution is 2.43. The molecule has 16 nitrogen and oxygen atoms in total. The number of hydrogen-bond donors (Lipinski definition) is 3. The zero-order valence-corrected chi connectivity index (χ0v) is 40.3. The van der Waals surface area contributed by atoms with Gasteiger partial charge in [0.05, 0.1) is 35.0 Å². The van der Waals surface area contributed by atoms with E-state index in [0.717, 1.165) is 39.0 Å². The molecule has 2 fully saturated rings. The molecule has 3 aliphatic rings. The standard InChI is InChI=1S/C49H63N9O7S/c1-10-14-39(59)56-22-19-31(26-56)46(61)55(8)42(28(3)4)45(60)52-36-24-38-53-41(44(50)66-38)30-17-18-37-33(23-30)34(43(57(37)11-2)32-15-12-20-51-40(32)29(5)64-9)25-49(6,7)27-65-48(63)35-16-13-21-58(54-35)47(36)62/h12,15,17-18,20,23,28-29,31,35-36,42,54H,11,13,16,19,21-22,24-27,50H2,1-9H3,(H,52,60)/t29-,31-,35-,36-,42-/m0/s1. The van der Waals surface area contributed by atoms with Crippen LogP contribution in [0.25, 0.3) is 33.4 Å². The van der Waals surface area contributed by atoms with E-state index in [9.17, 15) is 24.0 Å². The summed E-state index contributed by atoms with van der Waals surface area (Å²) < 4.78 is 14.2. The summed E-state index contributed by atoms with van der Waals surface area (Å²) in [5.74, 6) is 2.25. The highest BCUT2D eigenvalue weighted by molar-refractivity contribution is 7.16. The number of rotatable bonds is 9. The molecule has 4 N–H and O–H groups in total. The second kappa shape index (κ2) is 20.0. The van der Waals surface area contributed by atoms with Gasteiger partial charge in [0.2, 0.25) is 11.8 Å². The number of aryl methyl sites for hydroxylation is 1. The minimum Gasteiger partial charge on any atom is -0.464 e. The Bertz CT molecular complexity index is 2570. The van der Waals surface area contributed by atoms with Crippen molar-refractivity contribution in [3.63, 3.8) is 0 Å². The van der Waals surface area contributed by atoms with Crippen LogP contribution in [0.3, 0.4) is 0 Å². The number of thiazole rings is 1. The van der Waals surface area contributed by atoms with E-state index in [0.29, 0.717) is 54.5 Å². The molecule has 4 aromatic rings. The summed E-state index contributed by atoms with van der Waals surface area (Å²) in [7, 11) is 3.26. The van der Waals surface area contributed by atoms with E-state index < -0.39 is 47.2 Å². The maximum atomic E-state index is 14.7. The van der Waals surface area contributed by atoms with Crippen LogP contribution < -0.4 is 16.5 Å². The van der Waals surface area contributed by atoms with Crippen LogP contribution in [-0.4, -0.2) is 117 Å². The molecule has 66 heavy (non-hydrogen) atoms. The first-order valence-electron chi connectivity index (χ1n) is 22.9. The largest absolute Gasteiger partial charge is 0.464 e. The minimum atomic E-state index is -1.15. The van der Waals surface area contributed by atoms with Gasteiger partial charge < -0.3 is 34.9 Å². The molecule has 6 heterocycles. The first-order valence-corrected chi connectivity index (χ1v) is 23.7. The molecule has 0 aliphatic carbocycles. The quantitative estimate of drug-likeness (QED) is 0.149. The van der Waals surface area contributed by atoms with Crippen LogP contribution in [0.1, 0.15) is 90.1 Å². The number of esters is 1. The first kappa shape index (κ1) is 48.1. The summed E-state index contributed by atoms with van der Waals surface area (Å²) in [5, 5.41) is 6.36. The van der Waals surface area contributed by atoms with E-state index in [1.807, 2.05) is 32.9 Å². The number of ether oxygens (including phenoxy) is 2. The molecule has 7 rings (SSSR count). The summed E-state index contributed by atoms with van der Waals surface area (Å²) in [6.07, 6.45) is 3.45. The number of nitrogens with zero attached hydrogens (tertiary/aromatic N) is 6. The fourth-order valence-corrected chi connectivity index (χ4v) is 10.5. The van der Waals surface area contributed by atoms with E-state index >= 15 is 0 Å². The smallest absolute Gasteiger partial charge is 0.324 e. The molecule has 0 radical (unpaired) electrons. The van der Waals surface area contributed by atoms with E-state index in [-0.39, 0.29) is 50.0 Å². The monoisotopic (exact) mass is 921 g/mol. The lowest BCUT2D eigenvalue weighted by atomic mass is 9.84. The number of carbonyl (C=O) groups excluding carboxylic acids is 5. The molecule has 0 unspecified atom stereocenters. The van der Waals surface area contributed by atoms with Crippen LogP contribution in [0.2, 0.25) is 0 Å². The van der Waals surface area contributed by atoms with Gasteiger partial charge in [0.15, 0.2) is 0 Å². The Hall–Kier alpha value is -5.83. The number of methoxy groups -OCH3 is 1. The number of anilines is 1. The molecule has 6 bridgehead atoms. The van der Waals surface area contributed by atoms with Gasteiger partial charge >= 0.3 is 5.97 Å². The van der Waals surface area contributed by atoms with Gasteiger partial charge in [-0.15, -0.1) is 11.3 Å². The van der Waals surface area contributed by atoms with Crippen LogP contribution in [0.5, 0.6) is 0 Å². The Morgan fingerprint density at radius 1 is 1.15 bits per heavy atom. The van der Waals surface area contributed by atoms with Crippen molar-refractivity contribution in [3.8, 4) is 34.4 Å². The number of nitrogens with one attached hydrogen (secondary N) is 2. The number of likely N-dealkylation sites (N-methyl/N-ethyl adjacent to an activating group) is 1. The van der Waals surface area contributed by atoms with E-state index in [4.69, 9.17) is 25.2 Å². The molecule has 3 aromatic heterocycles. The maximum Gasteiger partial charge on any atom is 0.324 e. The number of nitrogen functional groups attached to an aromatic ring is 1. The van der Waals surface area contributed by atoms with Crippen LogP contribution in [-0.2, 0) is 52.8 Å². The van der Waals surface area contributed by atoms with Crippen molar-refractivity contribution in [1.82, 2.24) is 40.1 Å². The Morgan fingerprint density at radius 2 is 1.92 bits per heavy atom. The predicted molar refractivity (Wildman–Crippen MR) is 253 cm³/mol. The van der Waals surface area contributed by atoms with Crippen molar-refractivity contribution < 1.29 is 33.4 Å².